The van der Waals surface area contributed by atoms with Crippen LogP contribution in [0.2, 0.25) is 0 Å². The largest absolute Gasteiger partial charge is 0.453 e. The molecular formula is C17H27N5O2. The van der Waals surface area contributed by atoms with E-state index in [1.54, 1.807) is 17.3 Å². The number of aliphatic imine (C=N–C) groups is 2. The number of methoxy groups -OCH3 is 1. The smallest absolute Gasteiger partial charge is 0.410 e. The molecule has 0 aliphatic carbocycles. The lowest BCUT2D eigenvalue weighted by atomic mass is 10.00. The summed E-state index contributed by atoms with van der Waals surface area (Å²) in [6, 6.07) is -0.0322. The average Bonchev–Trinajstić information content (AvgIpc) is 2.61. The molecule has 132 valence electrons. The van der Waals surface area contributed by atoms with E-state index in [9.17, 15) is 4.79 Å². The predicted molar refractivity (Wildman–Crippen MR) is 95.7 cm³/mol. The van der Waals surface area contributed by atoms with Crippen LogP contribution in [0.1, 0.15) is 39.5 Å². The fraction of sp³-hybridized carbons (Fsp3) is 0.588. The van der Waals surface area contributed by atoms with Gasteiger partial charge >= 0.3 is 6.09 Å². The van der Waals surface area contributed by atoms with Crippen molar-refractivity contribution in [3.8, 4) is 0 Å². The van der Waals surface area contributed by atoms with Crippen LogP contribution in [0.3, 0.4) is 0 Å². The van der Waals surface area contributed by atoms with E-state index in [1.165, 1.54) is 7.11 Å². The highest BCUT2D eigenvalue weighted by Gasteiger charge is 2.35. The molecule has 1 fully saturated rings. The van der Waals surface area contributed by atoms with E-state index in [0.29, 0.717) is 18.1 Å². The van der Waals surface area contributed by atoms with E-state index in [2.05, 4.69) is 25.4 Å². The molecule has 2 rings (SSSR count). The van der Waals surface area contributed by atoms with Gasteiger partial charge in [0.15, 0.2) is 0 Å². The fourth-order valence-corrected chi connectivity index (χ4v) is 2.84. The van der Waals surface area contributed by atoms with Gasteiger partial charge in [-0.25, -0.2) is 9.79 Å². The van der Waals surface area contributed by atoms with E-state index in [0.717, 1.165) is 31.5 Å². The van der Waals surface area contributed by atoms with Crippen molar-refractivity contribution in [3.63, 3.8) is 0 Å². The average molecular weight is 333 g/mol. The van der Waals surface area contributed by atoms with E-state index in [-0.39, 0.29) is 18.2 Å². The summed E-state index contributed by atoms with van der Waals surface area (Å²) in [6.07, 6.45) is 6.82. The molecule has 2 heterocycles. The van der Waals surface area contributed by atoms with Gasteiger partial charge in [-0.2, -0.15) is 0 Å². The van der Waals surface area contributed by atoms with Crippen molar-refractivity contribution in [2.75, 3.05) is 13.7 Å². The van der Waals surface area contributed by atoms with Crippen LogP contribution in [-0.4, -0.2) is 53.3 Å². The second-order valence-corrected chi connectivity index (χ2v) is 6.05. The molecule has 0 bridgehead atoms. The Kier molecular flexibility index (Phi) is 6.00. The first-order valence-corrected chi connectivity index (χ1v) is 8.40. The lowest BCUT2D eigenvalue weighted by Crippen LogP contribution is -2.53. The second kappa shape index (κ2) is 7.99. The number of nitrogens with two attached hydrogens (primary N) is 1. The van der Waals surface area contributed by atoms with Crippen LogP contribution in [0.15, 0.2) is 34.7 Å². The molecule has 0 aromatic rings. The van der Waals surface area contributed by atoms with E-state index in [4.69, 9.17) is 15.5 Å². The number of carbonyl (C=O) groups is 1. The second-order valence-electron chi connectivity index (χ2n) is 6.05. The number of hydrogen-bond acceptors (Lipinski definition) is 5. The van der Waals surface area contributed by atoms with Crippen molar-refractivity contribution in [3.05, 3.63) is 24.7 Å². The van der Waals surface area contributed by atoms with Crippen LogP contribution in [0.25, 0.3) is 0 Å². The first-order valence-electron chi connectivity index (χ1n) is 8.40. The molecule has 2 unspecified atom stereocenters. The molecule has 2 aliphatic rings. The molecule has 7 heteroatoms. The highest BCUT2D eigenvalue weighted by Crippen LogP contribution is 2.24. The summed E-state index contributed by atoms with van der Waals surface area (Å²) in [5.41, 5.74) is 6.50. The minimum absolute atomic E-state index is 0.128. The predicted octanol–water partition coefficient (Wildman–Crippen LogP) is 2.46. The van der Waals surface area contributed by atoms with Gasteiger partial charge in [0.1, 0.15) is 11.7 Å². The molecule has 24 heavy (non-hydrogen) atoms. The fourth-order valence-electron chi connectivity index (χ4n) is 2.84. The number of amidine groups is 2. The Bertz CT molecular complexity index is 582. The summed E-state index contributed by atoms with van der Waals surface area (Å²) in [5.74, 6) is 1.13. The molecular weight excluding hydrogens is 306 g/mol. The Morgan fingerprint density at radius 3 is 3.00 bits per heavy atom. The zero-order valence-corrected chi connectivity index (χ0v) is 14.7. The van der Waals surface area contributed by atoms with Crippen molar-refractivity contribution in [1.82, 2.24) is 9.80 Å². The summed E-state index contributed by atoms with van der Waals surface area (Å²) >= 11 is 0. The topological polar surface area (TPSA) is 83.5 Å². The Morgan fingerprint density at radius 1 is 1.58 bits per heavy atom. The number of ether oxygens (including phenoxy) is 1. The molecule has 2 N–H and O–H groups in total. The standard InChI is InChI=1S/C17H27N5O2/c1-5-12(2)20-16(21-11-9-19-15(18)13(21)3)14-8-6-7-10-22(14)17(23)24-4/h9,11-12,14H,3,5-8,10H2,1-2,4H3,(H2,18,19). The van der Waals surface area contributed by atoms with Crippen LogP contribution in [-0.2, 0) is 4.74 Å². The third-order valence-electron chi connectivity index (χ3n) is 4.42. The minimum atomic E-state index is -0.329. The van der Waals surface area contributed by atoms with Gasteiger partial charge in [-0.3, -0.25) is 14.8 Å². The van der Waals surface area contributed by atoms with Crippen LogP contribution in [0.5, 0.6) is 0 Å². The molecule has 0 saturated carbocycles. The normalized spacial score (nSPS) is 23.1. The number of piperidine rings is 1. The van der Waals surface area contributed by atoms with Crippen LogP contribution in [0, 0.1) is 0 Å². The van der Waals surface area contributed by atoms with E-state index in [1.807, 2.05) is 4.90 Å². The van der Waals surface area contributed by atoms with Crippen LogP contribution < -0.4 is 5.73 Å². The number of likely N-dealkylation sites (tertiary alicyclic amines) is 1. The summed E-state index contributed by atoms with van der Waals surface area (Å²) in [7, 11) is 1.41. The van der Waals surface area contributed by atoms with E-state index < -0.39 is 0 Å². The number of nitrogens with zero attached hydrogens (tertiary/aromatic N) is 4. The summed E-state index contributed by atoms with van der Waals surface area (Å²) < 4.78 is 4.96. The molecule has 7 nitrogen and oxygen atoms in total. The Morgan fingerprint density at radius 2 is 2.33 bits per heavy atom. The maximum Gasteiger partial charge on any atom is 0.410 e. The third-order valence-corrected chi connectivity index (χ3v) is 4.42. The van der Waals surface area contributed by atoms with Gasteiger partial charge < -0.3 is 10.5 Å². The monoisotopic (exact) mass is 333 g/mol. The highest BCUT2D eigenvalue weighted by molar-refractivity contribution is 6.04. The molecule has 0 aromatic carbocycles. The van der Waals surface area contributed by atoms with Gasteiger partial charge in [0, 0.05) is 25.0 Å². The van der Waals surface area contributed by atoms with Gasteiger partial charge in [-0.15, -0.1) is 0 Å². The van der Waals surface area contributed by atoms with Gasteiger partial charge in [0.05, 0.1) is 18.8 Å². The first kappa shape index (κ1) is 18.0. The van der Waals surface area contributed by atoms with Crippen molar-refractivity contribution in [2.45, 2.75) is 51.6 Å². The molecule has 0 aromatic heterocycles. The molecule has 1 saturated heterocycles. The summed E-state index contributed by atoms with van der Waals surface area (Å²) in [6.45, 7) is 8.82. The van der Waals surface area contributed by atoms with E-state index >= 15 is 0 Å². The van der Waals surface area contributed by atoms with Gasteiger partial charge in [-0.05, 0) is 32.6 Å². The summed E-state index contributed by atoms with van der Waals surface area (Å²) in [4.78, 5) is 24.7. The molecule has 0 spiro atoms. The SMILES string of the molecule is C=C1C(N)=NC=CN1C(=NC(C)CC)C1CCCCN1C(=O)OC. The van der Waals surface area contributed by atoms with Crippen molar-refractivity contribution < 1.29 is 9.53 Å². The molecule has 2 atom stereocenters. The zero-order chi connectivity index (χ0) is 17.7. The van der Waals surface area contributed by atoms with Gasteiger partial charge in [-0.1, -0.05) is 13.5 Å². The van der Waals surface area contributed by atoms with Crippen LogP contribution in [0.4, 0.5) is 4.79 Å². The highest BCUT2D eigenvalue weighted by atomic mass is 16.5. The lowest BCUT2D eigenvalue weighted by Gasteiger charge is -2.39. The zero-order valence-electron chi connectivity index (χ0n) is 14.7. The number of rotatable bonds is 3. The first-order chi connectivity index (χ1) is 11.5. The van der Waals surface area contributed by atoms with Crippen LogP contribution >= 0.6 is 0 Å². The number of amides is 1. The Labute approximate surface area is 143 Å². The Balaban J connectivity index is 2.40. The third kappa shape index (κ3) is 3.77. The van der Waals surface area contributed by atoms with Gasteiger partial charge in [0.2, 0.25) is 0 Å². The van der Waals surface area contributed by atoms with Gasteiger partial charge in [0.25, 0.3) is 0 Å². The number of carbonyl (C=O) groups excluding carboxylic acids is 1. The quantitative estimate of drug-likeness (QED) is 0.635. The maximum atomic E-state index is 12.2. The summed E-state index contributed by atoms with van der Waals surface area (Å²) in [5, 5.41) is 0. The van der Waals surface area contributed by atoms with Crippen molar-refractivity contribution >= 4 is 17.8 Å². The number of hydrogen-bond donors (Lipinski definition) is 1. The molecule has 2 aliphatic heterocycles. The van der Waals surface area contributed by atoms with Crippen molar-refractivity contribution in [2.24, 2.45) is 15.7 Å². The molecule has 0 radical (unpaired) electrons. The maximum absolute atomic E-state index is 12.2. The minimum Gasteiger partial charge on any atom is -0.453 e. The molecule has 1 amide bonds. The lowest BCUT2D eigenvalue weighted by molar-refractivity contribution is 0.103. The van der Waals surface area contributed by atoms with Crippen molar-refractivity contribution in [1.29, 1.82) is 0 Å². The Hall–Kier alpha value is -2.31.